The molecule has 27 heteroatoms. The second-order valence-electron chi connectivity index (χ2n) is 55.2. The summed E-state index contributed by atoms with van der Waals surface area (Å²) in [5.41, 5.74) is 3.66. The predicted molar refractivity (Wildman–Crippen MR) is 606 cm³/mol. The number of rotatable bonds is 34. The smallest absolute Gasteiger partial charge is 0.410 e. The standard InChI is InChI=1S/C17H36O2Si.C16H29NO4.C16H32O2Si.C15H29NO3.C15H27NO3.C15H29NOSi.C14H30O2Si.C9H19NO/c1-16(2,3)20(6,7)19-13-15-10-8-14(9-11-15)12-17(4,5)18;1-12(18)20-11-14-7-5-13(6-8-14)9-10-17-15(19)21-16(2,3)4;1-13(17)11-14-7-9-15(10-8-14)12-18-19(5,6)16(2,3)4;2*1-15(2,3)19-14(18)16(4)10-9-12-5-7-13(11-17)8-6-12;1-15(2,3)18(4,5)17-12-14-8-6-13(7-9-14)10-11-16;1-14(2,3)17(4,5)16-11-13-8-6-12(10-15)7-9-13;10-6-5-8-1-3-9(7-11)4-2-8/h14-15,18H,8-13H2,1-7H3;13-14H,5-11H2,1-4H3,(H,17,19);14-15H,7-12H2,1-6H3;12-13,17H,5-11H2,1-4H3;11-13H,5-10H2,1-4H3;13-14H,6-10,12H2,1-5H3;12-13,15H,6-11H2,1-5H3;8-9,11H,1-7,10H2. The molecule has 3 amide bonds. The first-order valence-corrected chi connectivity index (χ1v) is 69.0. The van der Waals surface area contributed by atoms with E-state index in [-0.39, 0.29) is 30.2 Å². The zero-order chi connectivity index (χ0) is 110. The molecule has 7 N–H and O–H groups in total. The van der Waals surface area contributed by atoms with E-state index in [1.165, 1.54) is 155 Å². The molecule has 0 saturated heterocycles. The van der Waals surface area contributed by atoms with Crippen molar-refractivity contribution in [3.63, 3.8) is 0 Å². The van der Waals surface area contributed by atoms with Gasteiger partial charge in [-0.25, -0.2) is 14.4 Å². The molecular formula is C117H231N5O18Si4. The van der Waals surface area contributed by atoms with E-state index in [1.54, 1.807) is 30.8 Å². The van der Waals surface area contributed by atoms with E-state index in [0.29, 0.717) is 118 Å². The number of nitrogens with zero attached hydrogens (tertiary/aromatic N) is 3. The van der Waals surface area contributed by atoms with Crippen molar-refractivity contribution in [3.8, 4) is 6.07 Å². The number of aliphatic hydroxyl groups is 4. The van der Waals surface area contributed by atoms with E-state index in [4.69, 9.17) is 63.0 Å². The zero-order valence-corrected chi connectivity index (χ0v) is 104. The first-order chi connectivity index (χ1) is 66.3. The molecule has 848 valence electrons. The van der Waals surface area contributed by atoms with Gasteiger partial charge in [0.1, 0.15) is 28.9 Å². The minimum Gasteiger partial charge on any atom is -0.466 e. The lowest BCUT2D eigenvalue weighted by Crippen LogP contribution is -2.42. The van der Waals surface area contributed by atoms with Gasteiger partial charge < -0.3 is 87.5 Å². The van der Waals surface area contributed by atoms with Crippen molar-refractivity contribution < 1.29 is 85.8 Å². The number of esters is 1. The molecule has 144 heavy (non-hydrogen) atoms. The lowest BCUT2D eigenvalue weighted by molar-refractivity contribution is -0.142. The van der Waals surface area contributed by atoms with Gasteiger partial charge in [0.15, 0.2) is 33.3 Å². The fourth-order valence-corrected chi connectivity index (χ4v) is 23.6. The molecule has 0 heterocycles. The summed E-state index contributed by atoms with van der Waals surface area (Å²) in [4.78, 5) is 71.0. The van der Waals surface area contributed by atoms with Crippen molar-refractivity contribution in [1.29, 1.82) is 5.26 Å². The van der Waals surface area contributed by atoms with Crippen molar-refractivity contribution in [1.82, 2.24) is 15.1 Å². The Hall–Kier alpha value is -3.38. The quantitative estimate of drug-likeness (QED) is 0.0151. The number of ketones is 1. The minimum absolute atomic E-state index is 0.196. The summed E-state index contributed by atoms with van der Waals surface area (Å²) in [5.74, 6) is 10.3. The molecule has 0 aromatic heterocycles. The highest BCUT2D eigenvalue weighted by Crippen LogP contribution is 2.45. The highest BCUT2D eigenvalue weighted by molar-refractivity contribution is 6.75. The Labute approximate surface area is 888 Å². The first kappa shape index (κ1) is 139. The number of aliphatic hydroxyl groups excluding tert-OH is 3. The minimum atomic E-state index is -1.59. The molecule has 8 rings (SSSR count). The molecule has 8 aliphatic rings. The number of aldehydes is 1. The number of hydrogen-bond donors (Lipinski definition) is 6. The van der Waals surface area contributed by atoms with Gasteiger partial charge in [-0.3, -0.25) is 4.79 Å². The summed E-state index contributed by atoms with van der Waals surface area (Å²) in [6.07, 6.45) is 45.0. The van der Waals surface area contributed by atoms with Crippen LogP contribution in [0.2, 0.25) is 72.5 Å². The molecule has 8 fully saturated rings. The second kappa shape index (κ2) is 67.3. The highest BCUT2D eigenvalue weighted by atomic mass is 28.4. The molecule has 8 saturated carbocycles. The van der Waals surface area contributed by atoms with Gasteiger partial charge in [-0.1, -0.05) is 109 Å². The third kappa shape index (κ3) is 63.3. The maximum Gasteiger partial charge on any atom is 0.410 e. The normalized spacial score (nSPS) is 25.4. The number of carbonyl (C=O) groups excluding carboxylic acids is 6. The predicted octanol–water partition coefficient (Wildman–Crippen LogP) is 29.0. The van der Waals surface area contributed by atoms with Gasteiger partial charge in [0, 0.05) is 106 Å². The van der Waals surface area contributed by atoms with E-state index < -0.39 is 55.7 Å². The largest absolute Gasteiger partial charge is 0.466 e. The Kier molecular flexibility index (Phi) is 64.8. The van der Waals surface area contributed by atoms with Crippen LogP contribution in [0, 0.1) is 106 Å². The van der Waals surface area contributed by atoms with Crippen LogP contribution in [0.5, 0.6) is 0 Å². The second-order valence-corrected chi connectivity index (χ2v) is 74.5. The van der Waals surface area contributed by atoms with E-state index >= 15 is 0 Å². The molecule has 23 nitrogen and oxygen atoms in total. The lowest BCUT2D eigenvalue weighted by Gasteiger charge is -2.38. The van der Waals surface area contributed by atoms with Crippen molar-refractivity contribution in [2.24, 2.45) is 100 Å². The van der Waals surface area contributed by atoms with Crippen LogP contribution in [0.15, 0.2) is 0 Å². The van der Waals surface area contributed by atoms with Crippen LogP contribution in [0.1, 0.15) is 424 Å². The molecule has 0 spiro atoms. The van der Waals surface area contributed by atoms with Gasteiger partial charge in [0.05, 0.1) is 18.3 Å². The molecule has 0 atom stereocenters. The Morgan fingerprint density at radius 3 is 0.882 bits per heavy atom. The fourth-order valence-electron chi connectivity index (χ4n) is 19.3. The zero-order valence-electron chi connectivity index (χ0n) is 99.8. The van der Waals surface area contributed by atoms with Crippen molar-refractivity contribution in [2.45, 2.75) is 518 Å². The number of ether oxygens (including phenoxy) is 4. The average molecular weight is 2110 g/mol. The summed E-state index contributed by atoms with van der Waals surface area (Å²) in [5, 5.41) is 49.8. The van der Waals surface area contributed by atoms with Crippen molar-refractivity contribution in [3.05, 3.63) is 0 Å². The summed E-state index contributed by atoms with van der Waals surface area (Å²) in [6.45, 7) is 78.4. The van der Waals surface area contributed by atoms with Gasteiger partial charge in [0.25, 0.3) is 0 Å². The molecule has 8 aliphatic carbocycles. The van der Waals surface area contributed by atoms with Crippen molar-refractivity contribution in [2.75, 3.05) is 93.1 Å². The molecule has 0 bridgehead atoms. The Morgan fingerprint density at radius 1 is 0.368 bits per heavy atom. The van der Waals surface area contributed by atoms with Crippen molar-refractivity contribution >= 4 is 69.6 Å². The number of nitrogens with one attached hydrogen (secondary N) is 1. The number of nitriles is 1. The number of nitrogens with two attached hydrogens (primary N) is 1. The number of Topliss-reactive ketones (excluding diaryl/α,β-unsaturated/α-hetero) is 1. The third-order valence-electron chi connectivity index (χ3n) is 33.8. The Bertz CT molecular complexity index is 3460. The topological polar surface area (TPSA) is 326 Å². The number of carbonyl (C=O) groups is 6. The van der Waals surface area contributed by atoms with Crippen LogP contribution in [-0.4, -0.2) is 215 Å². The van der Waals surface area contributed by atoms with Gasteiger partial charge >= 0.3 is 24.2 Å². The fraction of sp³-hybridized carbons (Fsp3) is 0.940. The summed E-state index contributed by atoms with van der Waals surface area (Å²) in [6, 6.07) is 2.30. The van der Waals surface area contributed by atoms with Crippen LogP contribution >= 0.6 is 0 Å². The Balaban J connectivity index is 0.000000826. The molecule has 0 aromatic rings. The van der Waals surface area contributed by atoms with Gasteiger partial charge in [-0.2, -0.15) is 5.26 Å². The molecular weight excluding hydrogens is 1880 g/mol. The number of amides is 3. The maximum absolute atomic E-state index is 11.8. The summed E-state index contributed by atoms with van der Waals surface area (Å²) in [7, 11) is -2.73. The van der Waals surface area contributed by atoms with Crippen LogP contribution in [0.3, 0.4) is 0 Å². The van der Waals surface area contributed by atoms with E-state index in [2.05, 4.69) is 147 Å². The molecule has 0 unspecified atom stereocenters. The molecule has 0 aliphatic heterocycles. The highest BCUT2D eigenvalue weighted by Gasteiger charge is 2.43. The van der Waals surface area contributed by atoms with Crippen LogP contribution in [0.25, 0.3) is 0 Å². The summed E-state index contributed by atoms with van der Waals surface area (Å²) < 4.78 is 46.2. The molecule has 0 radical (unpaired) electrons. The monoisotopic (exact) mass is 2110 g/mol. The lowest BCUT2D eigenvalue weighted by atomic mass is 9.78. The van der Waals surface area contributed by atoms with Gasteiger partial charge in [-0.05, 0) is 463 Å². The van der Waals surface area contributed by atoms with E-state index in [0.717, 1.165) is 185 Å². The van der Waals surface area contributed by atoms with E-state index in [1.807, 2.05) is 76.2 Å². The molecule has 0 aromatic carbocycles. The van der Waals surface area contributed by atoms with Crippen LogP contribution in [-0.2, 0) is 51.0 Å². The number of hydrogen-bond acceptors (Lipinski definition) is 20. The third-order valence-corrected chi connectivity index (χ3v) is 51.8. The SMILES string of the molecule is CC(=O)CC1CCC(CO[Si](C)(C)C(C)(C)C)CC1.CC(=O)OCC1CCC(CCNC(=O)OC(C)(C)C)CC1.CC(C)(C)[Si](C)(C)OCC1CCC(CC#N)CC1.CC(C)(C)[Si](C)(C)OCC1CCC(CO)CC1.CC(C)(O)CC1CCC(CO[Si](C)(C)C(C)(C)C)CC1.CN(CCC1CCC(C=O)CC1)C(=O)OC(C)(C)C.CN(CCC1CCC(CO)CC1)C(=O)OC(C)(C)C.NCCC1CCC(CO)CC1. The van der Waals surface area contributed by atoms with Crippen LogP contribution < -0.4 is 11.1 Å². The maximum atomic E-state index is 11.8. The number of alkyl carbamates (subject to hydrolysis) is 1. The van der Waals surface area contributed by atoms with E-state index in [9.17, 15) is 33.9 Å². The van der Waals surface area contributed by atoms with Gasteiger partial charge in [-0.15, -0.1) is 0 Å². The Morgan fingerprint density at radius 2 is 0.625 bits per heavy atom. The van der Waals surface area contributed by atoms with Crippen LogP contribution in [0.4, 0.5) is 14.4 Å². The first-order valence-electron chi connectivity index (χ1n) is 57.4. The average Bonchev–Trinajstić information content (AvgIpc) is 0.887. The summed E-state index contributed by atoms with van der Waals surface area (Å²) >= 11 is 0. The van der Waals surface area contributed by atoms with Gasteiger partial charge in [0.2, 0.25) is 0 Å².